The molecule has 0 saturated carbocycles. The number of nitrogens with zero attached hydrogens (tertiary/aromatic N) is 2. The maximum absolute atomic E-state index is 11.8. The molecule has 0 radical (unpaired) electrons. The van der Waals surface area contributed by atoms with Crippen LogP contribution in [0.2, 0.25) is 0 Å². The summed E-state index contributed by atoms with van der Waals surface area (Å²) >= 11 is 1.66. The van der Waals surface area contributed by atoms with Crippen LogP contribution in [0.1, 0.15) is 33.2 Å². The van der Waals surface area contributed by atoms with Crippen LogP contribution in [0.5, 0.6) is 0 Å². The van der Waals surface area contributed by atoms with Gasteiger partial charge < -0.3 is 15.6 Å². The molecule has 21 heavy (non-hydrogen) atoms. The number of nitrogens with two attached hydrogens (primary N) is 1. The predicted octanol–water partition coefficient (Wildman–Crippen LogP) is 2.42. The Morgan fingerprint density at radius 2 is 2.38 bits per heavy atom. The van der Waals surface area contributed by atoms with Gasteiger partial charge in [-0.05, 0) is 38.3 Å². The Morgan fingerprint density at radius 3 is 2.95 bits per heavy atom. The third kappa shape index (κ3) is 3.33. The highest BCUT2D eigenvalue weighted by Crippen LogP contribution is 2.29. The van der Waals surface area contributed by atoms with Crippen molar-refractivity contribution in [2.24, 2.45) is 5.73 Å². The highest BCUT2D eigenvalue weighted by atomic mass is 32.1. The fourth-order valence-corrected chi connectivity index (χ4v) is 3.33. The van der Waals surface area contributed by atoms with Crippen LogP contribution in [-0.2, 0) is 4.79 Å². The van der Waals surface area contributed by atoms with Gasteiger partial charge in [-0.2, -0.15) is 0 Å². The summed E-state index contributed by atoms with van der Waals surface area (Å²) in [5.74, 6) is 0.606. The monoisotopic (exact) mass is 306 g/mol. The van der Waals surface area contributed by atoms with Crippen molar-refractivity contribution in [1.29, 1.82) is 0 Å². The normalized spacial score (nSPS) is 15.6. The van der Waals surface area contributed by atoms with E-state index in [0.717, 1.165) is 10.7 Å². The van der Waals surface area contributed by atoms with Gasteiger partial charge >= 0.3 is 0 Å². The standard InChI is InChI=1S/C15H22N4OS/c1-4-18-15(3,14(16)20)10-11(2)19-8-7-17-13(19)12-6-5-9-21-12/h5-9,11,18H,4,10H2,1-3H3,(H2,16,20). The number of carbonyl (C=O) groups excluding carboxylic acids is 1. The number of imidazole rings is 1. The van der Waals surface area contributed by atoms with Crippen LogP contribution in [0.4, 0.5) is 0 Å². The molecule has 0 saturated heterocycles. The lowest BCUT2D eigenvalue weighted by molar-refractivity contribution is -0.124. The van der Waals surface area contributed by atoms with E-state index in [0.29, 0.717) is 13.0 Å². The van der Waals surface area contributed by atoms with Gasteiger partial charge in [0.25, 0.3) is 0 Å². The zero-order valence-electron chi connectivity index (χ0n) is 12.7. The van der Waals surface area contributed by atoms with E-state index >= 15 is 0 Å². The van der Waals surface area contributed by atoms with E-state index in [1.54, 1.807) is 17.5 Å². The molecular formula is C15H22N4OS. The summed E-state index contributed by atoms with van der Waals surface area (Å²) < 4.78 is 2.10. The largest absolute Gasteiger partial charge is 0.368 e. The Bertz CT molecular complexity index is 593. The van der Waals surface area contributed by atoms with Gasteiger partial charge in [-0.1, -0.05) is 13.0 Å². The molecule has 114 valence electrons. The minimum atomic E-state index is -0.717. The molecule has 2 unspecified atom stereocenters. The second kappa shape index (κ2) is 6.41. The molecule has 0 bridgehead atoms. The van der Waals surface area contributed by atoms with Crippen molar-refractivity contribution in [1.82, 2.24) is 14.9 Å². The second-order valence-electron chi connectivity index (χ2n) is 5.42. The quantitative estimate of drug-likeness (QED) is 0.825. The molecule has 2 aromatic rings. The van der Waals surface area contributed by atoms with Gasteiger partial charge in [0.05, 0.1) is 10.4 Å². The SMILES string of the molecule is CCNC(C)(CC(C)n1ccnc1-c1cccs1)C(N)=O. The fraction of sp³-hybridized carbons (Fsp3) is 0.467. The Labute approximate surface area is 129 Å². The number of amides is 1. The molecule has 3 N–H and O–H groups in total. The maximum Gasteiger partial charge on any atom is 0.237 e. The van der Waals surface area contributed by atoms with E-state index < -0.39 is 5.54 Å². The minimum Gasteiger partial charge on any atom is -0.368 e. The first-order chi connectivity index (χ1) is 9.98. The van der Waals surface area contributed by atoms with Gasteiger partial charge in [-0.3, -0.25) is 4.79 Å². The number of rotatable bonds is 7. The zero-order chi connectivity index (χ0) is 15.5. The average Bonchev–Trinajstić information content (AvgIpc) is 3.09. The van der Waals surface area contributed by atoms with Crippen molar-refractivity contribution in [2.45, 2.75) is 38.8 Å². The number of aromatic nitrogens is 2. The van der Waals surface area contributed by atoms with Crippen LogP contribution >= 0.6 is 11.3 Å². The van der Waals surface area contributed by atoms with Crippen molar-refractivity contribution in [2.75, 3.05) is 6.54 Å². The number of nitrogens with one attached hydrogen (secondary N) is 1. The van der Waals surface area contributed by atoms with Gasteiger partial charge in [-0.25, -0.2) is 4.98 Å². The van der Waals surface area contributed by atoms with E-state index in [-0.39, 0.29) is 11.9 Å². The van der Waals surface area contributed by atoms with E-state index in [2.05, 4.69) is 21.8 Å². The topological polar surface area (TPSA) is 72.9 Å². The molecule has 5 nitrogen and oxygen atoms in total. The summed E-state index contributed by atoms with van der Waals surface area (Å²) in [5.41, 5.74) is 4.85. The Kier molecular flexibility index (Phi) is 4.80. The van der Waals surface area contributed by atoms with E-state index in [9.17, 15) is 4.79 Å². The number of hydrogen-bond donors (Lipinski definition) is 2. The predicted molar refractivity (Wildman–Crippen MR) is 86.1 cm³/mol. The van der Waals surface area contributed by atoms with Crippen LogP contribution in [0, 0.1) is 0 Å². The van der Waals surface area contributed by atoms with Crippen LogP contribution in [0.25, 0.3) is 10.7 Å². The molecule has 2 rings (SSSR count). The van der Waals surface area contributed by atoms with Crippen LogP contribution < -0.4 is 11.1 Å². The summed E-state index contributed by atoms with van der Waals surface area (Å²) in [6.45, 7) is 6.61. The van der Waals surface area contributed by atoms with Gasteiger partial charge in [-0.15, -0.1) is 11.3 Å². The number of likely N-dealkylation sites (N-methyl/N-ethyl adjacent to an activating group) is 1. The summed E-state index contributed by atoms with van der Waals surface area (Å²) in [4.78, 5) is 17.3. The van der Waals surface area contributed by atoms with Crippen LogP contribution in [0.15, 0.2) is 29.9 Å². The Morgan fingerprint density at radius 1 is 1.62 bits per heavy atom. The van der Waals surface area contributed by atoms with E-state index in [1.165, 1.54) is 0 Å². The molecule has 2 atom stereocenters. The molecule has 0 aromatic carbocycles. The first-order valence-corrected chi connectivity index (χ1v) is 7.97. The highest BCUT2D eigenvalue weighted by Gasteiger charge is 2.32. The zero-order valence-corrected chi connectivity index (χ0v) is 13.5. The average molecular weight is 306 g/mol. The summed E-state index contributed by atoms with van der Waals surface area (Å²) in [7, 11) is 0. The van der Waals surface area contributed by atoms with Crippen molar-refractivity contribution in [3.05, 3.63) is 29.9 Å². The van der Waals surface area contributed by atoms with Crippen LogP contribution in [-0.4, -0.2) is 27.5 Å². The van der Waals surface area contributed by atoms with Crippen molar-refractivity contribution in [3.63, 3.8) is 0 Å². The Balaban J connectivity index is 2.23. The minimum absolute atomic E-state index is 0.112. The number of thiophene rings is 1. The van der Waals surface area contributed by atoms with Gasteiger partial charge in [0, 0.05) is 18.4 Å². The second-order valence-corrected chi connectivity index (χ2v) is 6.36. The fourth-order valence-electron chi connectivity index (χ4n) is 2.60. The van der Waals surface area contributed by atoms with E-state index in [4.69, 9.17) is 5.73 Å². The number of primary amides is 1. The van der Waals surface area contributed by atoms with Gasteiger partial charge in [0.1, 0.15) is 5.82 Å². The molecule has 0 fully saturated rings. The van der Waals surface area contributed by atoms with Gasteiger partial charge in [0.15, 0.2) is 0 Å². The van der Waals surface area contributed by atoms with Crippen molar-refractivity contribution in [3.8, 4) is 10.7 Å². The molecule has 1 amide bonds. The van der Waals surface area contributed by atoms with Crippen molar-refractivity contribution >= 4 is 17.2 Å². The van der Waals surface area contributed by atoms with E-state index in [1.807, 2.05) is 37.6 Å². The van der Waals surface area contributed by atoms with Gasteiger partial charge in [0.2, 0.25) is 5.91 Å². The molecule has 2 heterocycles. The summed E-state index contributed by atoms with van der Waals surface area (Å²) in [6, 6.07) is 4.17. The molecular weight excluding hydrogens is 284 g/mol. The number of hydrogen-bond acceptors (Lipinski definition) is 4. The summed E-state index contributed by atoms with van der Waals surface area (Å²) in [5, 5.41) is 5.23. The maximum atomic E-state index is 11.8. The molecule has 2 aromatic heterocycles. The molecule has 0 aliphatic rings. The lowest BCUT2D eigenvalue weighted by atomic mass is 9.92. The molecule has 0 aliphatic carbocycles. The first-order valence-electron chi connectivity index (χ1n) is 7.09. The summed E-state index contributed by atoms with van der Waals surface area (Å²) in [6.07, 6.45) is 4.36. The molecule has 0 aliphatic heterocycles. The third-order valence-corrected chi connectivity index (χ3v) is 4.57. The third-order valence-electron chi connectivity index (χ3n) is 3.70. The smallest absolute Gasteiger partial charge is 0.237 e. The lowest BCUT2D eigenvalue weighted by Crippen LogP contribution is -2.54. The van der Waals surface area contributed by atoms with Crippen LogP contribution in [0.3, 0.4) is 0 Å². The Hall–Kier alpha value is -1.66. The molecule has 0 spiro atoms. The molecule has 6 heteroatoms. The van der Waals surface area contributed by atoms with Crippen molar-refractivity contribution < 1.29 is 4.79 Å². The number of carbonyl (C=O) groups is 1. The lowest BCUT2D eigenvalue weighted by Gasteiger charge is -2.30. The highest BCUT2D eigenvalue weighted by molar-refractivity contribution is 7.13. The first kappa shape index (κ1) is 15.7.